The molecule has 2 aliphatic carbocycles. The van der Waals surface area contributed by atoms with Crippen LogP contribution in [0.4, 0.5) is 0 Å². The molecule has 0 fully saturated rings. The van der Waals surface area contributed by atoms with Crippen LogP contribution in [-0.2, 0) is 24.1 Å². The molecule has 0 radical (unpaired) electrons. The second-order valence-corrected chi connectivity index (χ2v) is 6.55. The highest BCUT2D eigenvalue weighted by Crippen LogP contribution is 2.51. The molecule has 4 N–H and O–H groups in total. The van der Waals surface area contributed by atoms with E-state index in [-0.39, 0.29) is 22.8 Å². The number of aromatic hydroxyl groups is 3. The molecule has 5 heteroatoms. The highest BCUT2D eigenvalue weighted by Gasteiger charge is 2.39. The summed E-state index contributed by atoms with van der Waals surface area (Å²) in [7, 11) is 0. The van der Waals surface area contributed by atoms with Gasteiger partial charge in [-0.2, -0.15) is 0 Å². The van der Waals surface area contributed by atoms with Gasteiger partial charge in [-0.25, -0.2) is 0 Å². The van der Waals surface area contributed by atoms with E-state index in [1.807, 2.05) is 0 Å². The van der Waals surface area contributed by atoms with Gasteiger partial charge in [0.2, 0.25) is 0 Å². The molecule has 0 heterocycles. The third-order valence-corrected chi connectivity index (χ3v) is 5.27. The molecule has 1 unspecified atom stereocenters. The Morgan fingerprint density at radius 1 is 0.917 bits per heavy atom. The number of phenolic OH excluding ortho intramolecular Hbond substituents is 3. The molecule has 4 rings (SSSR count). The quantitative estimate of drug-likeness (QED) is 0.604. The number of hydrogen-bond donors (Lipinski definition) is 4. The summed E-state index contributed by atoms with van der Waals surface area (Å²) in [6.07, 6.45) is 3.46. The highest BCUT2D eigenvalue weighted by molar-refractivity contribution is 5.86. The average molecular weight is 326 g/mol. The summed E-state index contributed by atoms with van der Waals surface area (Å²) in [4.78, 5) is 12.0. The molecule has 2 aromatic carbocycles. The summed E-state index contributed by atoms with van der Waals surface area (Å²) in [5, 5.41) is 41.5. The van der Waals surface area contributed by atoms with E-state index in [0.29, 0.717) is 41.5 Å². The zero-order chi connectivity index (χ0) is 17.0. The molecule has 0 saturated carbocycles. The van der Waals surface area contributed by atoms with Crippen molar-refractivity contribution in [1.29, 1.82) is 0 Å². The number of fused-ring (bicyclic) bond motifs is 3. The topological polar surface area (TPSA) is 98.0 Å². The molecule has 0 bridgehead atoms. The van der Waals surface area contributed by atoms with Crippen molar-refractivity contribution < 1.29 is 25.2 Å². The van der Waals surface area contributed by atoms with Crippen molar-refractivity contribution in [2.45, 2.75) is 38.0 Å². The lowest BCUT2D eigenvalue weighted by atomic mass is 9.73. The molecule has 2 aliphatic rings. The maximum atomic E-state index is 12.0. The van der Waals surface area contributed by atoms with Gasteiger partial charge in [-0.3, -0.25) is 4.79 Å². The minimum Gasteiger partial charge on any atom is -0.508 e. The fourth-order valence-electron chi connectivity index (χ4n) is 4.20. The SMILES string of the molecule is O=C(O)C1c2c(O)cccc2Cc2c(O)c3c(c(O)c21)CCCC3. The number of carbonyl (C=O) groups is 1. The smallest absolute Gasteiger partial charge is 0.315 e. The predicted octanol–water partition coefficient (Wildman–Crippen LogP) is 2.80. The van der Waals surface area contributed by atoms with Gasteiger partial charge in [-0.15, -0.1) is 0 Å². The lowest BCUT2D eigenvalue weighted by molar-refractivity contribution is -0.137. The first-order valence-electron chi connectivity index (χ1n) is 8.12. The third-order valence-electron chi connectivity index (χ3n) is 5.27. The summed E-state index contributed by atoms with van der Waals surface area (Å²) in [6.45, 7) is 0. The van der Waals surface area contributed by atoms with Gasteiger partial charge in [-0.05, 0) is 37.3 Å². The zero-order valence-electron chi connectivity index (χ0n) is 13.0. The summed E-state index contributed by atoms with van der Waals surface area (Å²) in [5.74, 6) is -2.34. The van der Waals surface area contributed by atoms with Gasteiger partial charge < -0.3 is 20.4 Å². The maximum absolute atomic E-state index is 12.0. The van der Waals surface area contributed by atoms with Crippen molar-refractivity contribution in [2.75, 3.05) is 0 Å². The first-order chi connectivity index (χ1) is 11.5. The molecule has 124 valence electrons. The van der Waals surface area contributed by atoms with Crippen LogP contribution < -0.4 is 0 Å². The monoisotopic (exact) mass is 326 g/mol. The Morgan fingerprint density at radius 2 is 1.58 bits per heavy atom. The molecular formula is C19H18O5. The minimum atomic E-state index is -1.18. The van der Waals surface area contributed by atoms with Crippen LogP contribution in [0.2, 0.25) is 0 Å². The van der Waals surface area contributed by atoms with E-state index >= 15 is 0 Å². The Hall–Kier alpha value is -2.69. The van der Waals surface area contributed by atoms with E-state index in [0.717, 1.165) is 18.4 Å². The van der Waals surface area contributed by atoms with Crippen LogP contribution >= 0.6 is 0 Å². The summed E-state index contributed by atoms with van der Waals surface area (Å²) in [5.41, 5.74) is 3.07. The molecule has 0 spiro atoms. The van der Waals surface area contributed by atoms with Crippen LogP contribution in [0.15, 0.2) is 18.2 Å². The second-order valence-electron chi connectivity index (χ2n) is 6.55. The average Bonchev–Trinajstić information content (AvgIpc) is 2.58. The fourth-order valence-corrected chi connectivity index (χ4v) is 4.20. The minimum absolute atomic E-state index is 0.0289. The number of rotatable bonds is 1. The Morgan fingerprint density at radius 3 is 2.25 bits per heavy atom. The van der Waals surface area contributed by atoms with Crippen LogP contribution in [-0.4, -0.2) is 26.4 Å². The van der Waals surface area contributed by atoms with E-state index in [1.54, 1.807) is 12.1 Å². The molecule has 2 aromatic rings. The molecule has 0 aromatic heterocycles. The van der Waals surface area contributed by atoms with Crippen molar-refractivity contribution in [3.05, 3.63) is 51.6 Å². The number of hydrogen-bond acceptors (Lipinski definition) is 4. The molecule has 0 amide bonds. The summed E-state index contributed by atoms with van der Waals surface area (Å²) in [6, 6.07) is 4.87. The van der Waals surface area contributed by atoms with Crippen molar-refractivity contribution in [2.24, 2.45) is 0 Å². The summed E-state index contributed by atoms with van der Waals surface area (Å²) >= 11 is 0. The van der Waals surface area contributed by atoms with E-state index < -0.39 is 11.9 Å². The normalized spacial score (nSPS) is 18.4. The van der Waals surface area contributed by atoms with E-state index in [9.17, 15) is 25.2 Å². The van der Waals surface area contributed by atoms with Gasteiger partial charge in [0.05, 0.1) is 0 Å². The summed E-state index contributed by atoms with van der Waals surface area (Å²) < 4.78 is 0. The van der Waals surface area contributed by atoms with E-state index in [1.165, 1.54) is 6.07 Å². The maximum Gasteiger partial charge on any atom is 0.315 e. The van der Waals surface area contributed by atoms with Gasteiger partial charge in [0.1, 0.15) is 23.2 Å². The molecule has 1 atom stereocenters. The van der Waals surface area contributed by atoms with Crippen LogP contribution in [0.1, 0.15) is 52.1 Å². The van der Waals surface area contributed by atoms with Gasteiger partial charge in [-0.1, -0.05) is 12.1 Å². The van der Waals surface area contributed by atoms with E-state index in [2.05, 4.69) is 0 Å². The lowest BCUT2D eigenvalue weighted by Crippen LogP contribution is -2.23. The van der Waals surface area contributed by atoms with Crippen LogP contribution in [0.5, 0.6) is 17.2 Å². The van der Waals surface area contributed by atoms with Crippen molar-refractivity contribution >= 4 is 5.97 Å². The number of phenols is 3. The largest absolute Gasteiger partial charge is 0.508 e. The van der Waals surface area contributed by atoms with Crippen LogP contribution in [0.25, 0.3) is 0 Å². The van der Waals surface area contributed by atoms with Crippen molar-refractivity contribution in [3.63, 3.8) is 0 Å². The number of benzene rings is 2. The highest BCUT2D eigenvalue weighted by atomic mass is 16.4. The van der Waals surface area contributed by atoms with Gasteiger partial charge in [0, 0.05) is 34.2 Å². The van der Waals surface area contributed by atoms with Crippen molar-refractivity contribution in [3.8, 4) is 17.2 Å². The standard InChI is InChI=1S/C19H18O5/c20-13-7-3-4-9-8-12-15(16(14(9)13)19(23)24)18(22)11-6-2-1-5-10(11)17(12)21/h3-4,7,16,20-22H,1-2,5-6,8H2,(H,23,24). The first-order valence-corrected chi connectivity index (χ1v) is 8.12. The van der Waals surface area contributed by atoms with Gasteiger partial charge in [0.15, 0.2) is 0 Å². The van der Waals surface area contributed by atoms with E-state index in [4.69, 9.17) is 0 Å². The van der Waals surface area contributed by atoms with Gasteiger partial charge >= 0.3 is 5.97 Å². The number of carboxylic acids is 1. The second kappa shape index (κ2) is 5.16. The Bertz CT molecular complexity index is 869. The molecule has 24 heavy (non-hydrogen) atoms. The van der Waals surface area contributed by atoms with Crippen LogP contribution in [0, 0.1) is 0 Å². The Balaban J connectivity index is 2.06. The number of aliphatic carboxylic acids is 1. The van der Waals surface area contributed by atoms with Crippen molar-refractivity contribution in [1.82, 2.24) is 0 Å². The van der Waals surface area contributed by atoms with Crippen LogP contribution in [0.3, 0.4) is 0 Å². The third kappa shape index (κ3) is 1.90. The number of carboxylic acid groups (broad SMARTS) is 1. The first kappa shape index (κ1) is 14.9. The Labute approximate surface area is 138 Å². The molecule has 5 nitrogen and oxygen atoms in total. The fraction of sp³-hybridized carbons (Fsp3) is 0.316. The molecular weight excluding hydrogens is 308 g/mol. The zero-order valence-corrected chi connectivity index (χ0v) is 13.0. The van der Waals surface area contributed by atoms with Gasteiger partial charge in [0.25, 0.3) is 0 Å². The predicted molar refractivity (Wildman–Crippen MR) is 86.8 cm³/mol. The molecule has 0 saturated heterocycles. The molecule has 0 aliphatic heterocycles. The lowest BCUT2D eigenvalue weighted by Gasteiger charge is -2.31. The Kier molecular flexibility index (Phi) is 3.20.